The Labute approximate surface area is 116 Å². The van der Waals surface area contributed by atoms with Crippen LogP contribution in [-0.4, -0.2) is 23.2 Å². The lowest BCUT2D eigenvalue weighted by Crippen LogP contribution is -2.41. The maximum absolute atomic E-state index is 12.3. The third-order valence-electron chi connectivity index (χ3n) is 4.83. The maximum Gasteiger partial charge on any atom is 0.224 e. The van der Waals surface area contributed by atoms with Gasteiger partial charge in [-0.05, 0) is 38.0 Å². The van der Waals surface area contributed by atoms with Crippen molar-refractivity contribution in [1.29, 1.82) is 0 Å². The minimum absolute atomic E-state index is 0.0552. The van der Waals surface area contributed by atoms with Crippen LogP contribution in [0.4, 0.5) is 0 Å². The molecule has 0 aromatic carbocycles. The molecule has 3 heteroatoms. The SMILES string of the molecule is CC(C)=CC1C(C(=O)NCC2(O)CCCC2)C1(C)C. The predicted octanol–water partition coefficient (Wildman–Crippen LogP) is 2.65. The molecular weight excluding hydrogens is 238 g/mol. The molecule has 0 heterocycles. The van der Waals surface area contributed by atoms with Gasteiger partial charge in [0.25, 0.3) is 0 Å². The smallest absolute Gasteiger partial charge is 0.224 e. The number of nitrogens with one attached hydrogen (secondary N) is 1. The quantitative estimate of drug-likeness (QED) is 0.768. The van der Waals surface area contributed by atoms with Crippen LogP contribution in [0.25, 0.3) is 0 Å². The fourth-order valence-electron chi connectivity index (χ4n) is 3.42. The average Bonchev–Trinajstić information content (AvgIpc) is 2.67. The topological polar surface area (TPSA) is 49.3 Å². The van der Waals surface area contributed by atoms with Crippen LogP contribution in [0.15, 0.2) is 11.6 Å². The van der Waals surface area contributed by atoms with Crippen molar-refractivity contribution < 1.29 is 9.90 Å². The average molecular weight is 265 g/mol. The van der Waals surface area contributed by atoms with Crippen molar-refractivity contribution in [3.63, 3.8) is 0 Å². The van der Waals surface area contributed by atoms with Crippen molar-refractivity contribution in [2.75, 3.05) is 6.54 Å². The molecule has 2 aliphatic carbocycles. The van der Waals surface area contributed by atoms with E-state index < -0.39 is 5.60 Å². The molecule has 19 heavy (non-hydrogen) atoms. The van der Waals surface area contributed by atoms with Crippen molar-refractivity contribution in [2.24, 2.45) is 17.3 Å². The third kappa shape index (κ3) is 3.02. The summed E-state index contributed by atoms with van der Waals surface area (Å²) in [5, 5.41) is 13.2. The van der Waals surface area contributed by atoms with E-state index in [9.17, 15) is 9.90 Å². The molecule has 0 bridgehead atoms. The van der Waals surface area contributed by atoms with Gasteiger partial charge in [0, 0.05) is 6.54 Å². The van der Waals surface area contributed by atoms with E-state index in [1.807, 2.05) is 0 Å². The van der Waals surface area contributed by atoms with Crippen LogP contribution in [0.1, 0.15) is 53.4 Å². The van der Waals surface area contributed by atoms with Crippen LogP contribution >= 0.6 is 0 Å². The molecule has 0 aromatic heterocycles. The molecule has 2 N–H and O–H groups in total. The Morgan fingerprint density at radius 1 is 1.32 bits per heavy atom. The van der Waals surface area contributed by atoms with Crippen molar-refractivity contribution >= 4 is 5.91 Å². The van der Waals surface area contributed by atoms with Crippen LogP contribution in [0.3, 0.4) is 0 Å². The number of hydrogen-bond donors (Lipinski definition) is 2. The Morgan fingerprint density at radius 3 is 2.42 bits per heavy atom. The Kier molecular flexibility index (Phi) is 3.78. The Hall–Kier alpha value is -0.830. The van der Waals surface area contributed by atoms with Crippen LogP contribution in [0, 0.1) is 17.3 Å². The molecule has 2 aliphatic rings. The molecule has 2 fully saturated rings. The van der Waals surface area contributed by atoms with Crippen LogP contribution in [0.2, 0.25) is 0 Å². The molecular formula is C16H27NO2. The summed E-state index contributed by atoms with van der Waals surface area (Å²) in [6, 6.07) is 0. The summed E-state index contributed by atoms with van der Waals surface area (Å²) in [4.78, 5) is 12.3. The summed E-state index contributed by atoms with van der Waals surface area (Å²) in [6.07, 6.45) is 5.98. The van der Waals surface area contributed by atoms with Crippen molar-refractivity contribution in [2.45, 2.75) is 59.0 Å². The van der Waals surface area contributed by atoms with Crippen molar-refractivity contribution in [1.82, 2.24) is 5.32 Å². The standard InChI is InChI=1S/C16H27NO2/c1-11(2)9-12-13(15(12,3)4)14(18)17-10-16(19)7-5-6-8-16/h9,12-13,19H,5-8,10H2,1-4H3,(H,17,18). The van der Waals surface area contributed by atoms with E-state index in [0.717, 1.165) is 25.7 Å². The second-order valence-corrected chi connectivity index (χ2v) is 7.22. The van der Waals surface area contributed by atoms with Gasteiger partial charge in [-0.3, -0.25) is 4.79 Å². The first kappa shape index (κ1) is 14.6. The third-order valence-corrected chi connectivity index (χ3v) is 4.83. The summed E-state index contributed by atoms with van der Waals surface area (Å²) < 4.78 is 0. The van der Waals surface area contributed by atoms with E-state index in [1.54, 1.807) is 0 Å². The number of aliphatic hydroxyl groups is 1. The number of rotatable bonds is 4. The Bertz CT molecular complexity index is 388. The van der Waals surface area contributed by atoms with E-state index in [2.05, 4.69) is 39.1 Å². The molecule has 0 radical (unpaired) electrons. The van der Waals surface area contributed by atoms with Crippen molar-refractivity contribution in [3.8, 4) is 0 Å². The van der Waals surface area contributed by atoms with E-state index in [1.165, 1.54) is 5.57 Å². The molecule has 1 amide bonds. The summed E-state index contributed by atoms with van der Waals surface area (Å²) >= 11 is 0. The molecule has 0 spiro atoms. The highest BCUT2D eigenvalue weighted by Gasteiger charge is 2.60. The van der Waals surface area contributed by atoms with Gasteiger partial charge >= 0.3 is 0 Å². The van der Waals surface area contributed by atoms with E-state index in [4.69, 9.17) is 0 Å². The van der Waals surface area contributed by atoms with Gasteiger partial charge in [-0.2, -0.15) is 0 Å². The number of carbonyl (C=O) groups is 1. The second-order valence-electron chi connectivity index (χ2n) is 7.22. The Balaban J connectivity index is 1.89. The summed E-state index contributed by atoms with van der Waals surface area (Å²) in [5.74, 6) is 0.510. The highest BCUT2D eigenvalue weighted by molar-refractivity contribution is 5.83. The number of allylic oxidation sites excluding steroid dienone is 2. The van der Waals surface area contributed by atoms with Gasteiger partial charge in [0.15, 0.2) is 0 Å². The first-order valence-corrected chi connectivity index (χ1v) is 7.41. The summed E-state index contributed by atoms with van der Waals surface area (Å²) in [7, 11) is 0. The van der Waals surface area contributed by atoms with Crippen LogP contribution in [0.5, 0.6) is 0 Å². The fraction of sp³-hybridized carbons (Fsp3) is 0.812. The first-order chi connectivity index (χ1) is 8.76. The molecule has 2 saturated carbocycles. The highest BCUT2D eigenvalue weighted by Crippen LogP contribution is 2.59. The lowest BCUT2D eigenvalue weighted by Gasteiger charge is -2.22. The van der Waals surface area contributed by atoms with Gasteiger partial charge in [0.1, 0.15) is 0 Å². The predicted molar refractivity (Wildman–Crippen MR) is 76.6 cm³/mol. The zero-order chi connectivity index (χ0) is 14.3. The minimum atomic E-state index is -0.652. The largest absolute Gasteiger partial charge is 0.388 e. The molecule has 0 aliphatic heterocycles. The molecule has 0 saturated heterocycles. The molecule has 108 valence electrons. The normalized spacial score (nSPS) is 30.8. The van der Waals surface area contributed by atoms with Crippen LogP contribution in [-0.2, 0) is 4.79 Å². The van der Waals surface area contributed by atoms with Gasteiger partial charge in [0.2, 0.25) is 5.91 Å². The van der Waals surface area contributed by atoms with Crippen LogP contribution < -0.4 is 5.32 Å². The second kappa shape index (κ2) is 4.93. The zero-order valence-electron chi connectivity index (χ0n) is 12.6. The van der Waals surface area contributed by atoms with Gasteiger partial charge in [-0.1, -0.05) is 38.3 Å². The fourth-order valence-corrected chi connectivity index (χ4v) is 3.42. The van der Waals surface area contributed by atoms with E-state index in [-0.39, 0.29) is 17.2 Å². The molecule has 2 unspecified atom stereocenters. The van der Waals surface area contributed by atoms with Gasteiger partial charge in [-0.25, -0.2) is 0 Å². The Morgan fingerprint density at radius 2 is 1.89 bits per heavy atom. The lowest BCUT2D eigenvalue weighted by molar-refractivity contribution is -0.124. The molecule has 2 atom stereocenters. The number of hydrogen-bond acceptors (Lipinski definition) is 2. The van der Waals surface area contributed by atoms with E-state index >= 15 is 0 Å². The monoisotopic (exact) mass is 265 g/mol. The maximum atomic E-state index is 12.3. The molecule has 3 nitrogen and oxygen atoms in total. The first-order valence-electron chi connectivity index (χ1n) is 7.41. The van der Waals surface area contributed by atoms with Gasteiger partial charge in [-0.15, -0.1) is 0 Å². The summed E-state index contributed by atoms with van der Waals surface area (Å²) in [6.45, 7) is 8.85. The highest BCUT2D eigenvalue weighted by atomic mass is 16.3. The van der Waals surface area contributed by atoms with E-state index in [0.29, 0.717) is 12.5 Å². The number of carbonyl (C=O) groups excluding carboxylic acids is 1. The van der Waals surface area contributed by atoms with Gasteiger partial charge < -0.3 is 10.4 Å². The summed E-state index contributed by atoms with van der Waals surface area (Å²) in [5.41, 5.74) is 0.670. The molecule has 2 rings (SSSR count). The van der Waals surface area contributed by atoms with Gasteiger partial charge in [0.05, 0.1) is 11.5 Å². The van der Waals surface area contributed by atoms with Crippen molar-refractivity contribution in [3.05, 3.63) is 11.6 Å². The minimum Gasteiger partial charge on any atom is -0.388 e. The zero-order valence-corrected chi connectivity index (χ0v) is 12.6. The molecule has 0 aromatic rings. The lowest BCUT2D eigenvalue weighted by atomic mass is 10.0. The number of amides is 1.